The predicted octanol–water partition coefficient (Wildman–Crippen LogP) is 5.92. The molecule has 1 saturated heterocycles. The minimum absolute atomic E-state index is 0.315. The number of phenols is 1. The van der Waals surface area contributed by atoms with Gasteiger partial charge in [0.25, 0.3) is 0 Å². The molecule has 0 amide bonds. The standard InChI is InChI=1S/C31H37FN2O3/c1-33(21-22-5-12-31(29(32)17-22)37-16-15-34-13-3-4-14-34)30-20-27(36-2)10-11-28(30)25-7-6-24-19-26(35)9-8-23(24)18-25/h5,8-12,17,19-20,25,35H,3-4,6-7,13-16,18,21H2,1-2H3. The highest BCUT2D eigenvalue weighted by Crippen LogP contribution is 2.40. The third-order valence-corrected chi connectivity index (χ3v) is 7.79. The van der Waals surface area contributed by atoms with Gasteiger partial charge >= 0.3 is 0 Å². The lowest BCUT2D eigenvalue weighted by Gasteiger charge is -2.30. The Bertz CT molecular complexity index is 1230. The second-order valence-electron chi connectivity index (χ2n) is 10.3. The minimum Gasteiger partial charge on any atom is -0.508 e. The smallest absolute Gasteiger partial charge is 0.165 e. The Balaban J connectivity index is 1.29. The maximum Gasteiger partial charge on any atom is 0.165 e. The van der Waals surface area contributed by atoms with Crippen LogP contribution >= 0.6 is 0 Å². The fourth-order valence-corrected chi connectivity index (χ4v) is 5.74. The van der Waals surface area contributed by atoms with E-state index in [0.717, 1.165) is 55.9 Å². The van der Waals surface area contributed by atoms with Gasteiger partial charge in [-0.1, -0.05) is 18.2 Å². The van der Waals surface area contributed by atoms with E-state index in [1.54, 1.807) is 25.3 Å². The third-order valence-electron chi connectivity index (χ3n) is 7.79. The lowest BCUT2D eigenvalue weighted by molar-refractivity contribution is 0.231. The van der Waals surface area contributed by atoms with Crippen molar-refractivity contribution >= 4 is 5.69 Å². The van der Waals surface area contributed by atoms with Gasteiger partial charge in [0.05, 0.1) is 7.11 Å². The first-order valence-corrected chi connectivity index (χ1v) is 13.3. The quantitative estimate of drug-likeness (QED) is 0.392. The second-order valence-corrected chi connectivity index (χ2v) is 10.3. The van der Waals surface area contributed by atoms with Crippen molar-refractivity contribution in [2.45, 2.75) is 44.6 Å². The number of likely N-dealkylation sites (tertiary alicyclic amines) is 1. The molecular formula is C31H37FN2O3. The first-order valence-electron chi connectivity index (χ1n) is 13.3. The molecule has 5 rings (SSSR count). The Labute approximate surface area is 219 Å². The van der Waals surface area contributed by atoms with Gasteiger partial charge in [-0.25, -0.2) is 4.39 Å². The predicted molar refractivity (Wildman–Crippen MR) is 146 cm³/mol. The number of fused-ring (bicyclic) bond motifs is 1. The summed E-state index contributed by atoms with van der Waals surface area (Å²) in [6.07, 6.45) is 5.37. The van der Waals surface area contributed by atoms with Gasteiger partial charge in [-0.3, -0.25) is 4.90 Å². The largest absolute Gasteiger partial charge is 0.508 e. The molecule has 6 heteroatoms. The van der Waals surface area contributed by atoms with E-state index in [4.69, 9.17) is 9.47 Å². The summed E-state index contributed by atoms with van der Waals surface area (Å²) in [6, 6.07) is 17.3. The van der Waals surface area contributed by atoms with Crippen LogP contribution in [0.15, 0.2) is 54.6 Å². The number of ether oxygens (including phenoxy) is 2. The van der Waals surface area contributed by atoms with Crippen LogP contribution in [0, 0.1) is 5.82 Å². The van der Waals surface area contributed by atoms with E-state index in [0.29, 0.717) is 30.6 Å². The topological polar surface area (TPSA) is 45.2 Å². The zero-order valence-electron chi connectivity index (χ0n) is 21.9. The molecule has 1 heterocycles. The van der Waals surface area contributed by atoms with Gasteiger partial charge in [-0.05, 0) is 104 Å². The Hall–Kier alpha value is -3.25. The second kappa shape index (κ2) is 11.4. The average molecular weight is 505 g/mol. The molecule has 3 aromatic rings. The summed E-state index contributed by atoms with van der Waals surface area (Å²) in [5, 5.41) is 9.85. The van der Waals surface area contributed by atoms with E-state index in [9.17, 15) is 9.50 Å². The van der Waals surface area contributed by atoms with Crippen LogP contribution in [-0.4, -0.2) is 50.4 Å². The van der Waals surface area contributed by atoms with Crippen molar-refractivity contribution in [3.8, 4) is 17.2 Å². The summed E-state index contributed by atoms with van der Waals surface area (Å²) in [5.74, 6) is 1.50. The maximum atomic E-state index is 14.9. The van der Waals surface area contributed by atoms with Crippen LogP contribution in [-0.2, 0) is 19.4 Å². The van der Waals surface area contributed by atoms with Crippen molar-refractivity contribution in [3.63, 3.8) is 0 Å². The number of anilines is 1. The van der Waals surface area contributed by atoms with Crippen molar-refractivity contribution in [1.29, 1.82) is 0 Å². The molecule has 1 aliphatic carbocycles. The number of halogens is 1. The first-order chi connectivity index (χ1) is 18.0. The molecular weight excluding hydrogens is 467 g/mol. The Morgan fingerprint density at radius 2 is 1.86 bits per heavy atom. The Morgan fingerprint density at radius 3 is 2.65 bits per heavy atom. The van der Waals surface area contributed by atoms with E-state index in [1.807, 2.05) is 31.3 Å². The summed E-state index contributed by atoms with van der Waals surface area (Å²) in [5.41, 5.74) is 5.78. The van der Waals surface area contributed by atoms with Crippen LogP contribution in [0.5, 0.6) is 17.2 Å². The van der Waals surface area contributed by atoms with Crippen molar-refractivity contribution < 1.29 is 19.0 Å². The van der Waals surface area contributed by atoms with E-state index in [1.165, 1.54) is 29.5 Å². The Kier molecular flexibility index (Phi) is 7.85. The lowest BCUT2D eigenvalue weighted by Crippen LogP contribution is -2.25. The number of hydrogen-bond acceptors (Lipinski definition) is 5. The molecule has 0 spiro atoms. The fourth-order valence-electron chi connectivity index (χ4n) is 5.74. The first kappa shape index (κ1) is 25.4. The molecule has 1 fully saturated rings. The van der Waals surface area contributed by atoms with E-state index in [2.05, 4.69) is 21.9 Å². The zero-order chi connectivity index (χ0) is 25.8. The lowest BCUT2D eigenvalue weighted by atomic mass is 9.79. The normalized spacial score (nSPS) is 17.4. The molecule has 0 saturated carbocycles. The van der Waals surface area contributed by atoms with Crippen LogP contribution in [0.2, 0.25) is 0 Å². The van der Waals surface area contributed by atoms with Gasteiger partial charge in [-0.2, -0.15) is 0 Å². The number of aryl methyl sites for hydroxylation is 1. The van der Waals surface area contributed by atoms with Crippen LogP contribution in [0.3, 0.4) is 0 Å². The Morgan fingerprint density at radius 1 is 1.03 bits per heavy atom. The van der Waals surface area contributed by atoms with Crippen molar-refractivity contribution in [1.82, 2.24) is 4.90 Å². The van der Waals surface area contributed by atoms with E-state index < -0.39 is 0 Å². The number of rotatable bonds is 9. The monoisotopic (exact) mass is 504 g/mol. The summed E-state index contributed by atoms with van der Waals surface area (Å²) < 4.78 is 26.2. The van der Waals surface area contributed by atoms with Gasteiger partial charge < -0.3 is 19.5 Å². The van der Waals surface area contributed by atoms with Crippen LogP contribution in [0.25, 0.3) is 0 Å². The van der Waals surface area contributed by atoms with E-state index in [-0.39, 0.29) is 5.82 Å². The van der Waals surface area contributed by atoms with Crippen LogP contribution in [0.4, 0.5) is 10.1 Å². The van der Waals surface area contributed by atoms with Crippen molar-refractivity contribution in [2.24, 2.45) is 0 Å². The summed E-state index contributed by atoms with van der Waals surface area (Å²) in [4.78, 5) is 4.54. The number of benzene rings is 3. The fraction of sp³-hybridized carbons (Fsp3) is 0.419. The molecule has 196 valence electrons. The number of hydrogen-bond donors (Lipinski definition) is 1. The molecule has 1 unspecified atom stereocenters. The molecule has 5 nitrogen and oxygen atoms in total. The summed E-state index contributed by atoms with van der Waals surface area (Å²) >= 11 is 0. The number of phenolic OH excluding ortho intramolecular Hbond substituents is 1. The molecule has 3 aromatic carbocycles. The van der Waals surface area contributed by atoms with Gasteiger partial charge in [-0.15, -0.1) is 0 Å². The SMILES string of the molecule is COc1ccc(C2CCc3cc(O)ccc3C2)c(N(C)Cc2ccc(OCCN3CCCC3)c(F)c2)c1. The number of nitrogens with zero attached hydrogens (tertiary/aromatic N) is 2. The van der Waals surface area contributed by atoms with Crippen LogP contribution < -0.4 is 14.4 Å². The van der Waals surface area contributed by atoms with E-state index >= 15 is 0 Å². The minimum atomic E-state index is -0.315. The molecule has 1 N–H and O–H groups in total. The average Bonchev–Trinajstić information content (AvgIpc) is 3.43. The molecule has 1 aliphatic heterocycles. The van der Waals surface area contributed by atoms with Crippen molar-refractivity contribution in [2.75, 3.05) is 45.3 Å². The van der Waals surface area contributed by atoms with Gasteiger partial charge in [0.15, 0.2) is 11.6 Å². The van der Waals surface area contributed by atoms with Gasteiger partial charge in [0.1, 0.15) is 18.1 Å². The molecule has 1 atom stereocenters. The maximum absolute atomic E-state index is 14.9. The number of aromatic hydroxyl groups is 1. The molecule has 0 aromatic heterocycles. The van der Waals surface area contributed by atoms with Crippen molar-refractivity contribution in [3.05, 3.63) is 82.7 Å². The highest BCUT2D eigenvalue weighted by Gasteiger charge is 2.24. The summed E-state index contributed by atoms with van der Waals surface area (Å²) in [7, 11) is 3.73. The van der Waals surface area contributed by atoms with Gasteiger partial charge in [0.2, 0.25) is 0 Å². The third kappa shape index (κ3) is 6.02. The van der Waals surface area contributed by atoms with Gasteiger partial charge in [0, 0.05) is 31.9 Å². The molecule has 2 aliphatic rings. The summed E-state index contributed by atoms with van der Waals surface area (Å²) in [6.45, 7) is 4.14. The molecule has 0 radical (unpaired) electrons. The molecule has 37 heavy (non-hydrogen) atoms. The zero-order valence-corrected chi connectivity index (χ0v) is 21.9. The highest BCUT2D eigenvalue weighted by atomic mass is 19.1. The van der Waals surface area contributed by atoms with Crippen LogP contribution in [0.1, 0.15) is 47.4 Å². The highest BCUT2D eigenvalue weighted by molar-refractivity contribution is 5.59. The molecule has 0 bridgehead atoms. The number of methoxy groups -OCH3 is 1.